The van der Waals surface area contributed by atoms with E-state index in [9.17, 15) is 4.79 Å². The maximum atomic E-state index is 12.4. The topological polar surface area (TPSA) is 51.2 Å². The molecule has 5 heteroatoms. The van der Waals surface area contributed by atoms with Crippen molar-refractivity contribution in [2.75, 3.05) is 5.32 Å². The van der Waals surface area contributed by atoms with Crippen molar-refractivity contribution in [1.29, 1.82) is 0 Å². The normalized spacial score (nSPS) is 11.7. The molecule has 24 heavy (non-hydrogen) atoms. The van der Waals surface area contributed by atoms with Gasteiger partial charge < -0.3 is 10.1 Å². The van der Waals surface area contributed by atoms with Crippen LogP contribution in [0.2, 0.25) is 0 Å². The molecule has 2 aromatic carbocycles. The van der Waals surface area contributed by atoms with Crippen LogP contribution >= 0.6 is 11.3 Å². The summed E-state index contributed by atoms with van der Waals surface area (Å²) in [6, 6.07) is 17.0. The van der Waals surface area contributed by atoms with E-state index in [4.69, 9.17) is 4.74 Å². The Morgan fingerprint density at radius 3 is 2.54 bits per heavy atom. The van der Waals surface area contributed by atoms with Gasteiger partial charge >= 0.3 is 0 Å². The van der Waals surface area contributed by atoms with Gasteiger partial charge in [-0.15, -0.1) is 11.3 Å². The third-order valence-electron chi connectivity index (χ3n) is 3.52. The second kappa shape index (κ2) is 7.75. The van der Waals surface area contributed by atoms with E-state index in [0.29, 0.717) is 12.2 Å². The van der Waals surface area contributed by atoms with Crippen LogP contribution in [-0.4, -0.2) is 17.0 Å². The molecule has 122 valence electrons. The van der Waals surface area contributed by atoms with Crippen LogP contribution < -0.4 is 10.1 Å². The number of amides is 1. The first-order valence-corrected chi connectivity index (χ1v) is 8.66. The SMILES string of the molecule is CCC(Oc1ccccc1)C(=O)Nc1ccc(-c2nccs2)cc1. The second-order valence-corrected chi connectivity index (χ2v) is 6.13. The van der Waals surface area contributed by atoms with E-state index in [2.05, 4.69) is 10.3 Å². The number of rotatable bonds is 6. The number of anilines is 1. The molecule has 0 fully saturated rings. The number of nitrogens with one attached hydrogen (secondary N) is 1. The highest BCUT2D eigenvalue weighted by Gasteiger charge is 2.18. The molecule has 0 aliphatic heterocycles. The lowest BCUT2D eigenvalue weighted by Gasteiger charge is -2.17. The predicted octanol–water partition coefficient (Wildman–Crippen LogP) is 4.61. The quantitative estimate of drug-likeness (QED) is 0.714. The third-order valence-corrected chi connectivity index (χ3v) is 4.34. The average molecular weight is 338 g/mol. The zero-order chi connectivity index (χ0) is 16.8. The molecule has 1 aromatic heterocycles. The minimum atomic E-state index is -0.522. The van der Waals surface area contributed by atoms with E-state index in [1.54, 1.807) is 17.5 Å². The average Bonchev–Trinajstić information content (AvgIpc) is 3.16. The lowest BCUT2D eigenvalue weighted by Crippen LogP contribution is -2.32. The number of carbonyl (C=O) groups excluding carboxylic acids is 1. The van der Waals surface area contributed by atoms with Crippen molar-refractivity contribution in [2.45, 2.75) is 19.4 Å². The van der Waals surface area contributed by atoms with Gasteiger partial charge in [0.15, 0.2) is 6.10 Å². The zero-order valence-corrected chi connectivity index (χ0v) is 14.1. The van der Waals surface area contributed by atoms with Crippen molar-refractivity contribution in [3.63, 3.8) is 0 Å². The molecular formula is C19H18N2O2S. The van der Waals surface area contributed by atoms with Crippen molar-refractivity contribution < 1.29 is 9.53 Å². The van der Waals surface area contributed by atoms with Crippen LogP contribution in [0.15, 0.2) is 66.2 Å². The maximum Gasteiger partial charge on any atom is 0.265 e. The Balaban J connectivity index is 1.64. The van der Waals surface area contributed by atoms with Gasteiger partial charge in [-0.05, 0) is 42.8 Å². The van der Waals surface area contributed by atoms with Gasteiger partial charge in [-0.2, -0.15) is 0 Å². The lowest BCUT2D eigenvalue weighted by molar-refractivity contribution is -0.122. The van der Waals surface area contributed by atoms with Crippen LogP contribution in [0.4, 0.5) is 5.69 Å². The summed E-state index contributed by atoms with van der Waals surface area (Å²) in [5.74, 6) is 0.543. The summed E-state index contributed by atoms with van der Waals surface area (Å²) in [5.41, 5.74) is 1.78. The Bertz CT molecular complexity index is 771. The van der Waals surface area contributed by atoms with Gasteiger partial charge in [0, 0.05) is 22.8 Å². The van der Waals surface area contributed by atoms with Crippen molar-refractivity contribution >= 4 is 22.9 Å². The van der Waals surface area contributed by atoms with Crippen LogP contribution in [0.1, 0.15) is 13.3 Å². The fraction of sp³-hybridized carbons (Fsp3) is 0.158. The number of hydrogen-bond donors (Lipinski definition) is 1. The number of thiazole rings is 1. The molecule has 3 rings (SSSR count). The van der Waals surface area contributed by atoms with Gasteiger partial charge in [0.25, 0.3) is 5.91 Å². The maximum absolute atomic E-state index is 12.4. The van der Waals surface area contributed by atoms with Crippen molar-refractivity contribution in [3.8, 4) is 16.3 Å². The van der Waals surface area contributed by atoms with Crippen LogP contribution in [0.5, 0.6) is 5.75 Å². The van der Waals surface area contributed by atoms with E-state index in [1.165, 1.54) is 0 Å². The van der Waals surface area contributed by atoms with Gasteiger partial charge in [0.2, 0.25) is 0 Å². The van der Waals surface area contributed by atoms with E-state index < -0.39 is 6.10 Å². The molecule has 1 atom stereocenters. The number of carbonyl (C=O) groups is 1. The van der Waals surface area contributed by atoms with Gasteiger partial charge in [-0.25, -0.2) is 4.98 Å². The molecule has 1 N–H and O–H groups in total. The molecule has 0 radical (unpaired) electrons. The summed E-state index contributed by atoms with van der Waals surface area (Å²) in [5, 5.41) is 5.81. The molecule has 3 aromatic rings. The molecule has 0 saturated carbocycles. The van der Waals surface area contributed by atoms with Crippen molar-refractivity contribution in [3.05, 3.63) is 66.2 Å². The van der Waals surface area contributed by atoms with Gasteiger partial charge in [-0.1, -0.05) is 25.1 Å². The summed E-state index contributed by atoms with van der Waals surface area (Å²) in [4.78, 5) is 16.7. The third kappa shape index (κ3) is 4.00. The largest absolute Gasteiger partial charge is 0.481 e. The molecule has 0 spiro atoms. The number of hydrogen-bond acceptors (Lipinski definition) is 4. The first-order valence-electron chi connectivity index (χ1n) is 7.78. The summed E-state index contributed by atoms with van der Waals surface area (Å²) in [6.45, 7) is 1.93. The van der Waals surface area contributed by atoms with Crippen molar-refractivity contribution in [1.82, 2.24) is 4.98 Å². The number of ether oxygens (including phenoxy) is 1. The molecule has 1 unspecified atom stereocenters. The van der Waals surface area contributed by atoms with Crippen LogP contribution in [0.25, 0.3) is 10.6 Å². The zero-order valence-electron chi connectivity index (χ0n) is 13.3. The summed E-state index contributed by atoms with van der Waals surface area (Å²) in [6.07, 6.45) is 1.85. The Morgan fingerprint density at radius 1 is 1.17 bits per heavy atom. The molecule has 1 heterocycles. The van der Waals surface area contributed by atoms with Gasteiger partial charge in [0.1, 0.15) is 10.8 Å². The Labute approximate surface area is 145 Å². The fourth-order valence-corrected chi connectivity index (χ4v) is 2.91. The van der Waals surface area contributed by atoms with Gasteiger partial charge in [-0.3, -0.25) is 4.79 Å². The standard InChI is InChI=1S/C19H18N2O2S/c1-2-17(23-16-6-4-3-5-7-16)18(22)21-15-10-8-14(9-11-15)19-20-12-13-24-19/h3-13,17H,2H2,1H3,(H,21,22). The highest BCUT2D eigenvalue weighted by atomic mass is 32.1. The highest BCUT2D eigenvalue weighted by Crippen LogP contribution is 2.23. The molecule has 1 amide bonds. The number of nitrogens with zero attached hydrogens (tertiary/aromatic N) is 1. The summed E-state index contributed by atoms with van der Waals surface area (Å²) < 4.78 is 5.76. The van der Waals surface area contributed by atoms with Crippen molar-refractivity contribution in [2.24, 2.45) is 0 Å². The number of para-hydroxylation sites is 1. The monoisotopic (exact) mass is 338 g/mol. The molecule has 0 aliphatic carbocycles. The molecule has 0 saturated heterocycles. The highest BCUT2D eigenvalue weighted by molar-refractivity contribution is 7.13. The number of benzene rings is 2. The first kappa shape index (κ1) is 16.2. The smallest absolute Gasteiger partial charge is 0.265 e. The van der Waals surface area contributed by atoms with E-state index >= 15 is 0 Å². The Kier molecular flexibility index (Phi) is 5.23. The minimum absolute atomic E-state index is 0.150. The molecular weight excluding hydrogens is 320 g/mol. The van der Waals surface area contributed by atoms with Crippen LogP contribution in [0.3, 0.4) is 0 Å². The predicted molar refractivity (Wildman–Crippen MR) is 97.3 cm³/mol. The number of aromatic nitrogens is 1. The first-order chi connectivity index (χ1) is 11.8. The van der Waals surface area contributed by atoms with Crippen LogP contribution in [0, 0.1) is 0 Å². The molecule has 0 bridgehead atoms. The second-order valence-electron chi connectivity index (χ2n) is 5.23. The molecule has 4 nitrogen and oxygen atoms in total. The van der Waals surface area contributed by atoms with E-state index in [0.717, 1.165) is 16.3 Å². The summed E-state index contributed by atoms with van der Waals surface area (Å²) in [7, 11) is 0. The van der Waals surface area contributed by atoms with Gasteiger partial charge in [0.05, 0.1) is 0 Å². The molecule has 0 aliphatic rings. The summed E-state index contributed by atoms with van der Waals surface area (Å²) >= 11 is 1.59. The Hall–Kier alpha value is -2.66. The van der Waals surface area contributed by atoms with Crippen LogP contribution in [-0.2, 0) is 4.79 Å². The van der Waals surface area contributed by atoms with E-state index in [1.807, 2.05) is 66.9 Å². The fourth-order valence-electron chi connectivity index (χ4n) is 2.27. The van der Waals surface area contributed by atoms with E-state index in [-0.39, 0.29) is 5.91 Å². The minimum Gasteiger partial charge on any atom is -0.481 e. The Morgan fingerprint density at radius 2 is 1.92 bits per heavy atom. The lowest BCUT2D eigenvalue weighted by atomic mass is 10.2.